The maximum absolute atomic E-state index is 9.06. The minimum Gasteiger partial charge on any atom is -0.256 e. The van der Waals surface area contributed by atoms with Gasteiger partial charge in [-0.25, -0.2) is 4.98 Å². The molecule has 0 amide bonds. The lowest BCUT2D eigenvalue weighted by atomic mass is 10.0. The van der Waals surface area contributed by atoms with E-state index in [0.717, 1.165) is 22.0 Å². The molecule has 0 atom stereocenters. The maximum atomic E-state index is 9.06. The third-order valence-corrected chi connectivity index (χ3v) is 2.83. The molecule has 0 spiro atoms. The molecule has 0 bridgehead atoms. The van der Waals surface area contributed by atoms with Crippen LogP contribution in [0.25, 0.3) is 22.0 Å². The predicted octanol–water partition coefficient (Wildman–Crippen LogP) is 3.17. The zero-order valence-corrected chi connectivity index (χ0v) is 9.54. The third-order valence-electron chi connectivity index (χ3n) is 2.83. The molecule has 0 radical (unpaired) electrons. The summed E-state index contributed by atoms with van der Waals surface area (Å²) in [4.78, 5) is 8.39. The molecule has 3 heteroatoms. The molecule has 1 aromatic carbocycles. The lowest BCUT2D eigenvalue weighted by Gasteiger charge is -2.04. The molecule has 3 aromatic rings. The Balaban J connectivity index is 2.23. The number of rotatable bonds is 1. The Labute approximate surface area is 104 Å². The van der Waals surface area contributed by atoms with Gasteiger partial charge in [-0.2, -0.15) is 5.26 Å². The van der Waals surface area contributed by atoms with E-state index in [-0.39, 0.29) is 0 Å². The fourth-order valence-corrected chi connectivity index (χ4v) is 1.96. The van der Waals surface area contributed by atoms with E-state index >= 15 is 0 Å². The normalized spacial score (nSPS) is 10.2. The number of fused-ring (bicyclic) bond motifs is 1. The molecule has 0 saturated heterocycles. The van der Waals surface area contributed by atoms with Crippen LogP contribution in [-0.4, -0.2) is 9.97 Å². The summed E-state index contributed by atoms with van der Waals surface area (Å²) in [5.74, 6) is 0. The second-order valence-corrected chi connectivity index (χ2v) is 3.92. The molecule has 0 N–H and O–H groups in total. The highest BCUT2D eigenvalue weighted by molar-refractivity contribution is 5.84. The van der Waals surface area contributed by atoms with Gasteiger partial charge >= 0.3 is 0 Å². The molecule has 0 fully saturated rings. The second-order valence-electron chi connectivity index (χ2n) is 3.92. The van der Waals surface area contributed by atoms with Crippen LogP contribution in [0.15, 0.2) is 54.9 Å². The van der Waals surface area contributed by atoms with Crippen molar-refractivity contribution in [1.29, 1.82) is 5.26 Å². The SMILES string of the molecule is N#Cc1ncccc1-c1ccc2cccnc2c1. The Kier molecular flexibility index (Phi) is 2.47. The first kappa shape index (κ1) is 10.4. The van der Waals surface area contributed by atoms with Gasteiger partial charge in [-0.05, 0) is 29.8 Å². The Hall–Kier alpha value is -2.73. The lowest BCUT2D eigenvalue weighted by molar-refractivity contribution is 1.26. The van der Waals surface area contributed by atoms with Crippen molar-refractivity contribution < 1.29 is 0 Å². The Morgan fingerprint density at radius 1 is 0.944 bits per heavy atom. The molecule has 2 heterocycles. The van der Waals surface area contributed by atoms with E-state index in [2.05, 4.69) is 16.0 Å². The summed E-state index contributed by atoms with van der Waals surface area (Å²) in [6, 6.07) is 15.7. The smallest absolute Gasteiger partial charge is 0.148 e. The Morgan fingerprint density at radius 2 is 1.78 bits per heavy atom. The van der Waals surface area contributed by atoms with E-state index in [1.807, 2.05) is 42.5 Å². The predicted molar refractivity (Wildman–Crippen MR) is 69.7 cm³/mol. The van der Waals surface area contributed by atoms with Gasteiger partial charge in [0, 0.05) is 23.3 Å². The minimum absolute atomic E-state index is 0.438. The van der Waals surface area contributed by atoms with Crippen molar-refractivity contribution in [2.24, 2.45) is 0 Å². The van der Waals surface area contributed by atoms with Crippen molar-refractivity contribution in [2.75, 3.05) is 0 Å². The molecule has 3 nitrogen and oxygen atoms in total. The molecule has 0 aliphatic heterocycles. The van der Waals surface area contributed by atoms with Crippen LogP contribution in [0.1, 0.15) is 5.69 Å². The first-order chi connectivity index (χ1) is 8.88. The molecular weight excluding hydrogens is 222 g/mol. The van der Waals surface area contributed by atoms with E-state index < -0.39 is 0 Å². The molecule has 0 unspecified atom stereocenters. The second kappa shape index (κ2) is 4.27. The van der Waals surface area contributed by atoms with Crippen LogP contribution < -0.4 is 0 Å². The summed E-state index contributed by atoms with van der Waals surface area (Å²) < 4.78 is 0. The number of nitriles is 1. The summed E-state index contributed by atoms with van der Waals surface area (Å²) in [6.07, 6.45) is 3.39. The van der Waals surface area contributed by atoms with Gasteiger partial charge in [-0.1, -0.05) is 18.2 Å². The van der Waals surface area contributed by atoms with Crippen molar-refractivity contribution in [1.82, 2.24) is 9.97 Å². The van der Waals surface area contributed by atoms with Crippen LogP contribution in [0.2, 0.25) is 0 Å². The third kappa shape index (κ3) is 1.70. The Morgan fingerprint density at radius 3 is 2.67 bits per heavy atom. The first-order valence-electron chi connectivity index (χ1n) is 5.59. The van der Waals surface area contributed by atoms with Crippen molar-refractivity contribution in [3.8, 4) is 17.2 Å². The first-order valence-corrected chi connectivity index (χ1v) is 5.59. The number of pyridine rings is 2. The molecule has 0 aliphatic carbocycles. The fourth-order valence-electron chi connectivity index (χ4n) is 1.96. The van der Waals surface area contributed by atoms with Crippen LogP contribution in [0, 0.1) is 11.3 Å². The van der Waals surface area contributed by atoms with Crippen LogP contribution in [0.4, 0.5) is 0 Å². The topological polar surface area (TPSA) is 49.6 Å². The average molecular weight is 231 g/mol. The highest BCUT2D eigenvalue weighted by atomic mass is 14.7. The largest absolute Gasteiger partial charge is 0.256 e. The average Bonchev–Trinajstić information content (AvgIpc) is 2.46. The van der Waals surface area contributed by atoms with E-state index in [1.165, 1.54) is 0 Å². The number of hydrogen-bond donors (Lipinski definition) is 0. The van der Waals surface area contributed by atoms with E-state index in [4.69, 9.17) is 5.26 Å². The summed E-state index contributed by atoms with van der Waals surface area (Å²) >= 11 is 0. The van der Waals surface area contributed by atoms with Gasteiger partial charge in [0.05, 0.1) is 5.52 Å². The number of nitrogens with zero attached hydrogens (tertiary/aromatic N) is 3. The Bertz CT molecular complexity index is 757. The van der Waals surface area contributed by atoms with Crippen molar-refractivity contribution in [3.63, 3.8) is 0 Å². The fraction of sp³-hybridized carbons (Fsp3) is 0. The molecule has 84 valence electrons. The lowest BCUT2D eigenvalue weighted by Crippen LogP contribution is -1.88. The van der Waals surface area contributed by atoms with Crippen LogP contribution >= 0.6 is 0 Å². The quantitative estimate of drug-likeness (QED) is 0.646. The molecule has 3 rings (SSSR count). The van der Waals surface area contributed by atoms with Crippen LogP contribution in [-0.2, 0) is 0 Å². The van der Waals surface area contributed by atoms with E-state index in [0.29, 0.717) is 5.69 Å². The van der Waals surface area contributed by atoms with Crippen LogP contribution in [0.3, 0.4) is 0 Å². The van der Waals surface area contributed by atoms with Crippen molar-refractivity contribution in [2.45, 2.75) is 0 Å². The van der Waals surface area contributed by atoms with Crippen LogP contribution in [0.5, 0.6) is 0 Å². The van der Waals surface area contributed by atoms with Crippen molar-refractivity contribution >= 4 is 10.9 Å². The van der Waals surface area contributed by atoms with Gasteiger partial charge in [0.2, 0.25) is 0 Å². The van der Waals surface area contributed by atoms with Gasteiger partial charge in [-0.15, -0.1) is 0 Å². The highest BCUT2D eigenvalue weighted by Gasteiger charge is 2.06. The maximum Gasteiger partial charge on any atom is 0.148 e. The molecule has 2 aromatic heterocycles. The summed E-state index contributed by atoms with van der Waals surface area (Å²) in [7, 11) is 0. The molecule has 0 saturated carbocycles. The number of hydrogen-bond acceptors (Lipinski definition) is 3. The molecular formula is C15H9N3. The molecule has 18 heavy (non-hydrogen) atoms. The van der Waals surface area contributed by atoms with Gasteiger partial charge in [0.15, 0.2) is 0 Å². The van der Waals surface area contributed by atoms with Gasteiger partial charge in [0.25, 0.3) is 0 Å². The zero-order valence-electron chi connectivity index (χ0n) is 9.54. The molecule has 0 aliphatic rings. The van der Waals surface area contributed by atoms with Gasteiger partial charge in [-0.3, -0.25) is 4.98 Å². The van der Waals surface area contributed by atoms with E-state index in [9.17, 15) is 0 Å². The number of aromatic nitrogens is 2. The van der Waals surface area contributed by atoms with Crippen molar-refractivity contribution in [3.05, 3.63) is 60.6 Å². The number of benzene rings is 1. The highest BCUT2D eigenvalue weighted by Crippen LogP contribution is 2.24. The van der Waals surface area contributed by atoms with E-state index in [1.54, 1.807) is 12.4 Å². The van der Waals surface area contributed by atoms with Gasteiger partial charge < -0.3 is 0 Å². The summed E-state index contributed by atoms with van der Waals surface area (Å²) in [5.41, 5.74) is 3.16. The van der Waals surface area contributed by atoms with Gasteiger partial charge in [0.1, 0.15) is 11.8 Å². The monoisotopic (exact) mass is 231 g/mol. The summed E-state index contributed by atoms with van der Waals surface area (Å²) in [5, 5.41) is 10.2. The standard InChI is InChI=1S/C15H9N3/c16-10-15-13(4-2-8-18-15)12-6-5-11-3-1-7-17-14(11)9-12/h1-9H. The zero-order chi connectivity index (χ0) is 12.4. The minimum atomic E-state index is 0.438. The summed E-state index contributed by atoms with van der Waals surface area (Å²) in [6.45, 7) is 0.